The Labute approximate surface area is 153 Å². The van der Waals surface area contributed by atoms with Crippen LogP contribution in [0.2, 0.25) is 0 Å². The van der Waals surface area contributed by atoms with Crippen LogP contribution in [0.1, 0.15) is 24.5 Å². The molecule has 0 spiro atoms. The van der Waals surface area contributed by atoms with Gasteiger partial charge >= 0.3 is 0 Å². The minimum Gasteiger partial charge on any atom is -0.322 e. The molecule has 3 aromatic rings. The summed E-state index contributed by atoms with van der Waals surface area (Å²) in [5.41, 5.74) is 2.01. The molecule has 1 heterocycles. The lowest BCUT2D eigenvalue weighted by molar-refractivity contribution is 0.404. The summed E-state index contributed by atoms with van der Waals surface area (Å²) in [4.78, 5) is 15.5. The number of pyridine rings is 1. The standard InChI is InChI=1S/C20H22N2O3S/c1-3-11-22(26(24,25)18-7-5-4-6-8-18)14-17-13-16-12-15(2)9-10-19(16)21-20(17)23/h4-10,12-13H,3,11,14H2,1-2H3,(H,21,23). The maximum absolute atomic E-state index is 13.0. The first kappa shape index (κ1) is 18.4. The van der Waals surface area contributed by atoms with Crippen LogP contribution in [0, 0.1) is 6.92 Å². The third-order valence-corrected chi connectivity index (χ3v) is 6.14. The smallest absolute Gasteiger partial charge is 0.252 e. The van der Waals surface area contributed by atoms with Gasteiger partial charge in [-0.2, -0.15) is 4.31 Å². The average molecular weight is 370 g/mol. The van der Waals surface area contributed by atoms with Crippen molar-refractivity contribution in [2.45, 2.75) is 31.7 Å². The molecular formula is C20H22N2O3S. The molecule has 26 heavy (non-hydrogen) atoms. The van der Waals surface area contributed by atoms with Crippen molar-refractivity contribution in [2.75, 3.05) is 6.54 Å². The van der Waals surface area contributed by atoms with E-state index in [4.69, 9.17) is 0 Å². The SMILES string of the molecule is CCCN(Cc1cc2cc(C)ccc2[nH]c1=O)S(=O)(=O)c1ccccc1. The highest BCUT2D eigenvalue weighted by atomic mass is 32.2. The Morgan fingerprint density at radius 1 is 1.04 bits per heavy atom. The fourth-order valence-corrected chi connectivity index (χ4v) is 4.49. The van der Waals surface area contributed by atoms with Crippen molar-refractivity contribution in [3.8, 4) is 0 Å². The van der Waals surface area contributed by atoms with E-state index in [1.54, 1.807) is 36.4 Å². The van der Waals surface area contributed by atoms with E-state index in [0.717, 1.165) is 16.5 Å². The van der Waals surface area contributed by atoms with Gasteiger partial charge in [-0.25, -0.2) is 8.42 Å². The van der Waals surface area contributed by atoms with Crippen LogP contribution in [0.5, 0.6) is 0 Å². The van der Waals surface area contributed by atoms with Gasteiger partial charge < -0.3 is 4.98 Å². The van der Waals surface area contributed by atoms with Crippen LogP contribution < -0.4 is 5.56 Å². The number of nitrogens with one attached hydrogen (secondary N) is 1. The molecule has 2 aromatic carbocycles. The van der Waals surface area contributed by atoms with Crippen molar-refractivity contribution in [3.63, 3.8) is 0 Å². The number of hydrogen-bond donors (Lipinski definition) is 1. The van der Waals surface area contributed by atoms with Crippen molar-refractivity contribution in [3.05, 3.63) is 76.1 Å². The molecule has 0 saturated carbocycles. The summed E-state index contributed by atoms with van der Waals surface area (Å²) in [6.45, 7) is 4.29. The van der Waals surface area contributed by atoms with E-state index >= 15 is 0 Å². The highest BCUT2D eigenvalue weighted by Gasteiger charge is 2.24. The van der Waals surface area contributed by atoms with Crippen LogP contribution in [-0.4, -0.2) is 24.3 Å². The van der Waals surface area contributed by atoms with Crippen LogP contribution in [0.4, 0.5) is 0 Å². The molecule has 0 fully saturated rings. The Balaban J connectivity index is 2.02. The maximum atomic E-state index is 13.0. The van der Waals surface area contributed by atoms with Crippen LogP contribution in [-0.2, 0) is 16.6 Å². The monoisotopic (exact) mass is 370 g/mol. The van der Waals surface area contributed by atoms with Gasteiger partial charge in [-0.05, 0) is 49.1 Å². The molecule has 0 radical (unpaired) electrons. The average Bonchev–Trinajstić information content (AvgIpc) is 2.63. The molecule has 0 saturated heterocycles. The lowest BCUT2D eigenvalue weighted by Crippen LogP contribution is -2.33. The van der Waals surface area contributed by atoms with Gasteiger partial charge in [0.15, 0.2) is 0 Å². The van der Waals surface area contributed by atoms with Crippen LogP contribution in [0.15, 0.2) is 64.3 Å². The van der Waals surface area contributed by atoms with E-state index < -0.39 is 10.0 Å². The first-order chi connectivity index (χ1) is 12.4. The molecule has 5 nitrogen and oxygen atoms in total. The van der Waals surface area contributed by atoms with Crippen molar-refractivity contribution in [1.82, 2.24) is 9.29 Å². The topological polar surface area (TPSA) is 70.2 Å². The fourth-order valence-electron chi connectivity index (χ4n) is 2.95. The Bertz CT molecular complexity index is 1070. The lowest BCUT2D eigenvalue weighted by atomic mass is 10.1. The first-order valence-corrected chi connectivity index (χ1v) is 10.0. The molecule has 0 aliphatic rings. The molecule has 0 atom stereocenters. The number of aryl methyl sites for hydroxylation is 1. The van der Waals surface area contributed by atoms with Crippen molar-refractivity contribution < 1.29 is 8.42 Å². The van der Waals surface area contributed by atoms with E-state index in [1.807, 2.05) is 32.0 Å². The third-order valence-electron chi connectivity index (χ3n) is 4.28. The second-order valence-corrected chi connectivity index (χ2v) is 8.30. The molecule has 1 N–H and O–H groups in total. The van der Waals surface area contributed by atoms with Gasteiger partial charge in [0.25, 0.3) is 5.56 Å². The summed E-state index contributed by atoms with van der Waals surface area (Å²) in [6, 6.07) is 15.9. The summed E-state index contributed by atoms with van der Waals surface area (Å²) < 4.78 is 27.3. The number of rotatable bonds is 6. The van der Waals surface area contributed by atoms with E-state index in [9.17, 15) is 13.2 Å². The highest BCUT2D eigenvalue weighted by Crippen LogP contribution is 2.19. The van der Waals surface area contributed by atoms with Gasteiger partial charge in [0.1, 0.15) is 0 Å². The molecular weight excluding hydrogens is 348 g/mol. The van der Waals surface area contributed by atoms with Crippen LogP contribution in [0.25, 0.3) is 10.9 Å². The van der Waals surface area contributed by atoms with E-state index in [1.165, 1.54) is 4.31 Å². The molecule has 6 heteroatoms. The minimum atomic E-state index is -3.66. The van der Waals surface area contributed by atoms with Gasteiger partial charge in [0.05, 0.1) is 4.90 Å². The number of H-pyrrole nitrogens is 1. The maximum Gasteiger partial charge on any atom is 0.252 e. The van der Waals surface area contributed by atoms with Crippen molar-refractivity contribution in [1.29, 1.82) is 0 Å². The molecule has 0 aliphatic carbocycles. The zero-order valence-corrected chi connectivity index (χ0v) is 15.7. The Kier molecular flexibility index (Phi) is 5.25. The number of aromatic amines is 1. The Hall–Kier alpha value is -2.44. The van der Waals surface area contributed by atoms with E-state index in [-0.39, 0.29) is 17.0 Å². The molecule has 136 valence electrons. The van der Waals surface area contributed by atoms with E-state index in [2.05, 4.69) is 4.98 Å². The molecule has 0 bridgehead atoms. The van der Waals surface area contributed by atoms with Gasteiger partial charge in [-0.3, -0.25) is 4.79 Å². The molecule has 1 aromatic heterocycles. The predicted molar refractivity (Wildman–Crippen MR) is 104 cm³/mol. The summed E-state index contributed by atoms with van der Waals surface area (Å²) in [5, 5.41) is 0.896. The summed E-state index contributed by atoms with van der Waals surface area (Å²) in [6.07, 6.45) is 0.663. The Morgan fingerprint density at radius 2 is 1.77 bits per heavy atom. The number of sulfonamides is 1. The summed E-state index contributed by atoms with van der Waals surface area (Å²) >= 11 is 0. The van der Waals surface area contributed by atoms with Gasteiger partial charge in [-0.15, -0.1) is 0 Å². The second-order valence-electron chi connectivity index (χ2n) is 6.37. The van der Waals surface area contributed by atoms with Crippen molar-refractivity contribution in [2.24, 2.45) is 0 Å². The normalized spacial score (nSPS) is 12.0. The second kappa shape index (κ2) is 7.43. The van der Waals surface area contributed by atoms with Gasteiger partial charge in [0, 0.05) is 24.2 Å². The van der Waals surface area contributed by atoms with Gasteiger partial charge in [-0.1, -0.05) is 36.8 Å². The molecule has 0 aliphatic heterocycles. The largest absolute Gasteiger partial charge is 0.322 e. The first-order valence-electron chi connectivity index (χ1n) is 8.59. The zero-order chi connectivity index (χ0) is 18.7. The fraction of sp³-hybridized carbons (Fsp3) is 0.250. The lowest BCUT2D eigenvalue weighted by Gasteiger charge is -2.21. The minimum absolute atomic E-state index is 0.0459. The molecule has 0 amide bonds. The number of fused-ring (bicyclic) bond motifs is 1. The summed E-state index contributed by atoms with van der Waals surface area (Å²) in [7, 11) is -3.66. The van der Waals surface area contributed by atoms with Crippen molar-refractivity contribution >= 4 is 20.9 Å². The van der Waals surface area contributed by atoms with Crippen LogP contribution in [0.3, 0.4) is 0 Å². The zero-order valence-electron chi connectivity index (χ0n) is 14.9. The number of nitrogens with zero attached hydrogens (tertiary/aromatic N) is 1. The number of aromatic nitrogens is 1. The quantitative estimate of drug-likeness (QED) is 0.723. The van der Waals surface area contributed by atoms with E-state index in [0.29, 0.717) is 18.5 Å². The third kappa shape index (κ3) is 3.71. The summed E-state index contributed by atoms with van der Waals surface area (Å²) in [5.74, 6) is 0. The number of benzene rings is 2. The van der Waals surface area contributed by atoms with Gasteiger partial charge in [0.2, 0.25) is 10.0 Å². The predicted octanol–water partition coefficient (Wildman–Crippen LogP) is 3.44. The Morgan fingerprint density at radius 3 is 2.46 bits per heavy atom. The highest BCUT2D eigenvalue weighted by molar-refractivity contribution is 7.89. The molecule has 3 rings (SSSR count). The van der Waals surface area contributed by atoms with Crippen LogP contribution >= 0.6 is 0 Å². The number of hydrogen-bond acceptors (Lipinski definition) is 3. The molecule has 0 unspecified atom stereocenters.